The topological polar surface area (TPSA) is 47.6 Å². The van der Waals surface area contributed by atoms with Crippen LogP contribution in [0.4, 0.5) is 4.79 Å². The highest BCUT2D eigenvalue weighted by atomic mass is 16.6. The first-order chi connectivity index (χ1) is 8.75. The van der Waals surface area contributed by atoms with E-state index in [1.807, 2.05) is 37.3 Å². The predicted octanol–water partition coefficient (Wildman–Crippen LogP) is 2.48. The largest absolute Gasteiger partial charge is 0.444 e. The molecule has 0 aliphatic carbocycles. The summed E-state index contributed by atoms with van der Waals surface area (Å²) in [5, 5.41) is 2.73. The van der Waals surface area contributed by atoms with Crippen molar-refractivity contribution in [3.05, 3.63) is 35.9 Å². The maximum Gasteiger partial charge on any atom is 0.407 e. The fraction of sp³-hybridized carbons (Fsp3) is 0.500. The maximum absolute atomic E-state index is 11.0. The quantitative estimate of drug-likeness (QED) is 0.788. The molecule has 1 heterocycles. The Bertz CT molecular complexity index is 380. The molecule has 0 radical (unpaired) electrons. The van der Waals surface area contributed by atoms with Crippen LogP contribution in [0, 0.1) is 0 Å². The lowest BCUT2D eigenvalue weighted by Gasteiger charge is -2.12. The van der Waals surface area contributed by atoms with E-state index < -0.39 is 0 Å². The van der Waals surface area contributed by atoms with Gasteiger partial charge in [-0.05, 0) is 25.3 Å². The van der Waals surface area contributed by atoms with E-state index in [4.69, 9.17) is 9.47 Å². The van der Waals surface area contributed by atoms with Gasteiger partial charge in [0.2, 0.25) is 0 Å². The molecule has 2 unspecified atom stereocenters. The predicted molar refractivity (Wildman–Crippen MR) is 68.2 cm³/mol. The van der Waals surface area contributed by atoms with Gasteiger partial charge in [-0.3, -0.25) is 0 Å². The maximum atomic E-state index is 11.0. The Morgan fingerprint density at radius 3 is 2.78 bits per heavy atom. The third-order valence-electron chi connectivity index (χ3n) is 3.05. The van der Waals surface area contributed by atoms with Crippen molar-refractivity contribution >= 4 is 6.09 Å². The Labute approximate surface area is 107 Å². The molecular formula is C14H19NO3. The number of cyclic esters (lactones) is 1. The zero-order valence-electron chi connectivity index (χ0n) is 10.6. The summed E-state index contributed by atoms with van der Waals surface area (Å²) in [6.45, 7) is 3.29. The molecule has 1 aliphatic rings. The molecule has 2 rings (SSSR count). The van der Waals surface area contributed by atoms with E-state index in [2.05, 4.69) is 5.32 Å². The van der Waals surface area contributed by atoms with Crippen LogP contribution in [0.2, 0.25) is 0 Å². The average molecular weight is 249 g/mol. The summed E-state index contributed by atoms with van der Waals surface area (Å²) in [7, 11) is 0. The Kier molecular flexibility index (Phi) is 4.59. The number of rotatable bonds is 6. The summed E-state index contributed by atoms with van der Waals surface area (Å²) in [6.07, 6.45) is 1.42. The zero-order valence-corrected chi connectivity index (χ0v) is 10.6. The molecule has 1 fully saturated rings. The van der Waals surface area contributed by atoms with Crippen LogP contribution >= 0.6 is 0 Å². The van der Waals surface area contributed by atoms with Crippen molar-refractivity contribution in [2.75, 3.05) is 6.61 Å². The first-order valence-electron chi connectivity index (χ1n) is 6.34. The van der Waals surface area contributed by atoms with Crippen molar-refractivity contribution in [3.63, 3.8) is 0 Å². The molecule has 1 aliphatic heterocycles. The Hall–Kier alpha value is -1.55. The summed E-state index contributed by atoms with van der Waals surface area (Å²) in [5.74, 6) is 0. The molecule has 4 heteroatoms. The van der Waals surface area contributed by atoms with Gasteiger partial charge in [0.15, 0.2) is 0 Å². The number of nitrogens with one attached hydrogen (secondary N) is 1. The Balaban J connectivity index is 1.58. The van der Waals surface area contributed by atoms with Crippen LogP contribution < -0.4 is 5.32 Å². The minimum Gasteiger partial charge on any atom is -0.444 e. The summed E-state index contributed by atoms with van der Waals surface area (Å²) >= 11 is 0. The molecule has 1 N–H and O–H groups in total. The third-order valence-corrected chi connectivity index (χ3v) is 3.05. The van der Waals surface area contributed by atoms with Crippen LogP contribution in [-0.2, 0) is 16.1 Å². The minimum atomic E-state index is -0.308. The van der Waals surface area contributed by atoms with Gasteiger partial charge in [-0.2, -0.15) is 0 Å². The Morgan fingerprint density at radius 1 is 1.33 bits per heavy atom. The van der Waals surface area contributed by atoms with Crippen LogP contribution in [0.5, 0.6) is 0 Å². The fourth-order valence-corrected chi connectivity index (χ4v) is 2.01. The van der Waals surface area contributed by atoms with Crippen molar-refractivity contribution in [2.24, 2.45) is 0 Å². The molecule has 0 aromatic heterocycles. The minimum absolute atomic E-state index is 0.0159. The molecule has 1 aromatic carbocycles. The normalized spacial score (nSPS) is 22.6. The van der Waals surface area contributed by atoms with Crippen molar-refractivity contribution in [2.45, 2.75) is 38.5 Å². The van der Waals surface area contributed by atoms with Crippen LogP contribution in [-0.4, -0.2) is 24.8 Å². The van der Waals surface area contributed by atoms with Crippen molar-refractivity contribution in [1.29, 1.82) is 0 Å². The molecule has 1 amide bonds. The van der Waals surface area contributed by atoms with Gasteiger partial charge < -0.3 is 14.8 Å². The molecule has 0 saturated carbocycles. The van der Waals surface area contributed by atoms with E-state index in [1.165, 1.54) is 5.56 Å². The molecule has 98 valence electrons. The van der Waals surface area contributed by atoms with Gasteiger partial charge in [0.05, 0.1) is 12.6 Å². The van der Waals surface area contributed by atoms with E-state index in [0.29, 0.717) is 13.2 Å². The second kappa shape index (κ2) is 6.40. The lowest BCUT2D eigenvalue weighted by Crippen LogP contribution is -2.27. The van der Waals surface area contributed by atoms with E-state index in [9.17, 15) is 4.79 Å². The van der Waals surface area contributed by atoms with Crippen LogP contribution in [0.3, 0.4) is 0 Å². The number of alkyl carbamates (subject to hydrolysis) is 1. The number of hydrogen-bond donors (Lipinski definition) is 1. The standard InChI is InChI=1S/C14H19NO3/c1-11-13(18-14(16)15-11)8-5-9-17-10-12-6-3-2-4-7-12/h2-4,6-7,11,13H,5,8-10H2,1H3,(H,15,16). The van der Waals surface area contributed by atoms with E-state index in [1.54, 1.807) is 0 Å². The van der Waals surface area contributed by atoms with Crippen LogP contribution in [0.1, 0.15) is 25.3 Å². The van der Waals surface area contributed by atoms with Crippen molar-refractivity contribution in [1.82, 2.24) is 5.32 Å². The van der Waals surface area contributed by atoms with Gasteiger partial charge >= 0.3 is 6.09 Å². The van der Waals surface area contributed by atoms with Gasteiger partial charge in [0.1, 0.15) is 6.10 Å². The highest BCUT2D eigenvalue weighted by molar-refractivity contribution is 5.70. The highest BCUT2D eigenvalue weighted by Gasteiger charge is 2.29. The lowest BCUT2D eigenvalue weighted by atomic mass is 10.1. The molecule has 1 aromatic rings. The molecule has 18 heavy (non-hydrogen) atoms. The van der Waals surface area contributed by atoms with E-state index in [0.717, 1.165) is 12.8 Å². The van der Waals surface area contributed by atoms with Gasteiger partial charge in [-0.1, -0.05) is 30.3 Å². The second-order valence-corrected chi connectivity index (χ2v) is 4.56. The van der Waals surface area contributed by atoms with Gasteiger partial charge in [0.25, 0.3) is 0 Å². The Morgan fingerprint density at radius 2 is 2.11 bits per heavy atom. The summed E-state index contributed by atoms with van der Waals surface area (Å²) < 4.78 is 10.7. The molecule has 0 bridgehead atoms. The van der Waals surface area contributed by atoms with Crippen LogP contribution in [0.15, 0.2) is 30.3 Å². The molecule has 0 spiro atoms. The monoisotopic (exact) mass is 249 g/mol. The van der Waals surface area contributed by atoms with Crippen LogP contribution in [0.25, 0.3) is 0 Å². The molecule has 2 atom stereocenters. The molecule has 4 nitrogen and oxygen atoms in total. The summed E-state index contributed by atoms with van der Waals surface area (Å²) in [4.78, 5) is 11.0. The zero-order chi connectivity index (χ0) is 12.8. The highest BCUT2D eigenvalue weighted by Crippen LogP contribution is 2.14. The van der Waals surface area contributed by atoms with E-state index in [-0.39, 0.29) is 18.2 Å². The smallest absolute Gasteiger partial charge is 0.407 e. The average Bonchev–Trinajstić information content (AvgIpc) is 2.69. The lowest BCUT2D eigenvalue weighted by molar-refractivity contribution is 0.0925. The van der Waals surface area contributed by atoms with E-state index >= 15 is 0 Å². The molecular weight excluding hydrogens is 230 g/mol. The summed E-state index contributed by atoms with van der Waals surface area (Å²) in [5.41, 5.74) is 1.18. The van der Waals surface area contributed by atoms with Gasteiger partial charge in [-0.15, -0.1) is 0 Å². The summed E-state index contributed by atoms with van der Waals surface area (Å²) in [6, 6.07) is 10.2. The van der Waals surface area contributed by atoms with Gasteiger partial charge in [0, 0.05) is 6.61 Å². The number of benzene rings is 1. The number of amides is 1. The number of ether oxygens (including phenoxy) is 2. The fourth-order valence-electron chi connectivity index (χ4n) is 2.01. The first-order valence-corrected chi connectivity index (χ1v) is 6.34. The number of carbonyl (C=O) groups excluding carboxylic acids is 1. The van der Waals surface area contributed by atoms with Crippen molar-refractivity contribution < 1.29 is 14.3 Å². The number of hydrogen-bond acceptors (Lipinski definition) is 3. The van der Waals surface area contributed by atoms with Crippen molar-refractivity contribution in [3.8, 4) is 0 Å². The second-order valence-electron chi connectivity index (χ2n) is 4.56. The van der Waals surface area contributed by atoms with Gasteiger partial charge in [-0.25, -0.2) is 4.79 Å². The molecule has 1 saturated heterocycles. The SMILES string of the molecule is CC1NC(=O)OC1CCCOCc1ccccc1. The number of carbonyl (C=O) groups is 1. The first kappa shape index (κ1) is 12.9. The third kappa shape index (κ3) is 3.74.